The summed E-state index contributed by atoms with van der Waals surface area (Å²) in [5, 5.41) is 9.69. The number of nitrogens with zero attached hydrogens (tertiary/aromatic N) is 2. The van der Waals surface area contributed by atoms with Gasteiger partial charge in [-0.05, 0) is 30.9 Å². The van der Waals surface area contributed by atoms with Crippen LogP contribution >= 0.6 is 11.3 Å². The lowest BCUT2D eigenvalue weighted by Gasteiger charge is -2.16. The second-order valence-corrected chi connectivity index (χ2v) is 6.31. The summed E-state index contributed by atoms with van der Waals surface area (Å²) in [6.07, 6.45) is 0.668. The lowest BCUT2D eigenvalue weighted by molar-refractivity contribution is 0.369. The van der Waals surface area contributed by atoms with Crippen molar-refractivity contribution in [3.8, 4) is 0 Å². The van der Waals surface area contributed by atoms with Crippen molar-refractivity contribution in [3.63, 3.8) is 0 Å². The van der Waals surface area contributed by atoms with E-state index >= 15 is 0 Å². The zero-order valence-electron chi connectivity index (χ0n) is 12.7. The Morgan fingerprint density at radius 2 is 1.91 bits per heavy atom. The molecule has 114 valence electrons. The Kier molecular flexibility index (Phi) is 4.65. The average Bonchev–Trinajstić information content (AvgIpc) is 3.19. The van der Waals surface area contributed by atoms with E-state index in [0.717, 1.165) is 0 Å². The Balaban J connectivity index is 1.63. The molecule has 22 heavy (non-hydrogen) atoms. The predicted octanol–water partition coefficient (Wildman–Crippen LogP) is 4.13. The van der Waals surface area contributed by atoms with E-state index in [4.69, 9.17) is 4.52 Å². The SMILES string of the molecule is C[C@H](N[C@H](C)c1cccs1)c1noc(Cc2ccccc2)n1. The van der Waals surface area contributed by atoms with Crippen LogP contribution in [-0.4, -0.2) is 10.1 Å². The van der Waals surface area contributed by atoms with E-state index in [-0.39, 0.29) is 12.1 Å². The first-order chi connectivity index (χ1) is 10.7. The summed E-state index contributed by atoms with van der Waals surface area (Å²) in [6.45, 7) is 4.20. The molecular weight excluding hydrogens is 294 g/mol. The lowest BCUT2D eigenvalue weighted by Crippen LogP contribution is -2.22. The molecule has 0 aliphatic rings. The van der Waals surface area contributed by atoms with Gasteiger partial charge in [0.2, 0.25) is 5.89 Å². The van der Waals surface area contributed by atoms with Crippen LogP contribution in [0.2, 0.25) is 0 Å². The largest absolute Gasteiger partial charge is 0.339 e. The standard InChI is InChI=1S/C17H19N3OS/c1-12(15-9-6-10-22-15)18-13(2)17-19-16(21-20-17)11-14-7-4-3-5-8-14/h3-10,12-13,18H,11H2,1-2H3/t12-,13+/m1/s1. The first-order valence-corrected chi connectivity index (χ1v) is 8.26. The van der Waals surface area contributed by atoms with Crippen molar-refractivity contribution in [2.75, 3.05) is 0 Å². The van der Waals surface area contributed by atoms with E-state index < -0.39 is 0 Å². The van der Waals surface area contributed by atoms with Crippen LogP contribution < -0.4 is 5.32 Å². The molecule has 3 aromatic rings. The van der Waals surface area contributed by atoms with Crippen molar-refractivity contribution >= 4 is 11.3 Å². The second-order valence-electron chi connectivity index (χ2n) is 5.33. The fraction of sp³-hybridized carbons (Fsp3) is 0.294. The summed E-state index contributed by atoms with van der Waals surface area (Å²) in [4.78, 5) is 5.81. The van der Waals surface area contributed by atoms with Gasteiger partial charge in [-0.15, -0.1) is 11.3 Å². The summed E-state index contributed by atoms with van der Waals surface area (Å²) < 4.78 is 5.36. The number of nitrogens with one attached hydrogen (secondary N) is 1. The molecule has 0 aliphatic carbocycles. The molecule has 0 saturated carbocycles. The molecule has 5 heteroatoms. The zero-order chi connectivity index (χ0) is 15.4. The van der Waals surface area contributed by atoms with Gasteiger partial charge < -0.3 is 4.52 Å². The number of hydrogen-bond donors (Lipinski definition) is 1. The van der Waals surface area contributed by atoms with Gasteiger partial charge in [0.05, 0.1) is 12.5 Å². The Morgan fingerprint density at radius 3 is 2.64 bits per heavy atom. The molecule has 0 unspecified atom stereocenters. The molecule has 0 spiro atoms. The highest BCUT2D eigenvalue weighted by molar-refractivity contribution is 7.10. The van der Waals surface area contributed by atoms with Crippen LogP contribution in [0.25, 0.3) is 0 Å². The van der Waals surface area contributed by atoms with Crippen molar-refractivity contribution in [2.45, 2.75) is 32.4 Å². The van der Waals surface area contributed by atoms with Gasteiger partial charge in [-0.2, -0.15) is 4.98 Å². The van der Waals surface area contributed by atoms with Crippen LogP contribution in [0, 0.1) is 0 Å². The number of rotatable bonds is 6. The minimum absolute atomic E-state index is 0.0466. The van der Waals surface area contributed by atoms with Gasteiger partial charge in [-0.1, -0.05) is 41.6 Å². The summed E-state index contributed by atoms with van der Waals surface area (Å²) in [5.74, 6) is 1.35. The maximum Gasteiger partial charge on any atom is 0.231 e. The first kappa shape index (κ1) is 14.9. The number of thiophene rings is 1. The lowest BCUT2D eigenvalue weighted by atomic mass is 10.1. The third-order valence-electron chi connectivity index (χ3n) is 3.54. The van der Waals surface area contributed by atoms with Crippen molar-refractivity contribution in [2.24, 2.45) is 0 Å². The Hall–Kier alpha value is -1.98. The van der Waals surface area contributed by atoms with Gasteiger partial charge in [-0.25, -0.2) is 0 Å². The Morgan fingerprint density at radius 1 is 1.09 bits per heavy atom. The van der Waals surface area contributed by atoms with Gasteiger partial charge in [-0.3, -0.25) is 5.32 Å². The molecular formula is C17H19N3OS. The first-order valence-electron chi connectivity index (χ1n) is 7.38. The smallest absolute Gasteiger partial charge is 0.231 e. The van der Waals surface area contributed by atoms with Gasteiger partial charge in [0, 0.05) is 10.9 Å². The molecule has 2 aromatic heterocycles. The minimum Gasteiger partial charge on any atom is -0.339 e. The molecule has 0 bridgehead atoms. The Bertz CT molecular complexity index is 694. The maximum atomic E-state index is 5.36. The van der Waals surface area contributed by atoms with Crippen molar-refractivity contribution in [1.82, 2.24) is 15.5 Å². The van der Waals surface area contributed by atoms with Crippen molar-refractivity contribution < 1.29 is 4.52 Å². The van der Waals surface area contributed by atoms with E-state index in [1.54, 1.807) is 11.3 Å². The molecule has 2 heterocycles. The Labute approximate surface area is 134 Å². The van der Waals surface area contributed by atoms with Gasteiger partial charge in [0.15, 0.2) is 5.82 Å². The summed E-state index contributed by atoms with van der Waals surface area (Å²) in [6, 6.07) is 14.7. The number of benzene rings is 1. The highest BCUT2D eigenvalue weighted by atomic mass is 32.1. The number of hydrogen-bond acceptors (Lipinski definition) is 5. The predicted molar refractivity (Wildman–Crippen MR) is 87.8 cm³/mol. The van der Waals surface area contributed by atoms with E-state index in [0.29, 0.717) is 18.1 Å². The van der Waals surface area contributed by atoms with Crippen LogP contribution in [0.1, 0.15) is 48.1 Å². The second kappa shape index (κ2) is 6.85. The van der Waals surface area contributed by atoms with Crippen LogP contribution in [0.4, 0.5) is 0 Å². The zero-order valence-corrected chi connectivity index (χ0v) is 13.5. The molecule has 4 nitrogen and oxygen atoms in total. The molecule has 0 saturated heterocycles. The van der Waals surface area contributed by atoms with Crippen LogP contribution in [0.5, 0.6) is 0 Å². The third kappa shape index (κ3) is 3.61. The van der Waals surface area contributed by atoms with Crippen LogP contribution in [0.15, 0.2) is 52.4 Å². The molecule has 2 atom stereocenters. The van der Waals surface area contributed by atoms with Gasteiger partial charge in [0.25, 0.3) is 0 Å². The molecule has 0 fully saturated rings. The fourth-order valence-corrected chi connectivity index (χ4v) is 3.10. The summed E-state index contributed by atoms with van der Waals surface area (Å²) in [7, 11) is 0. The van der Waals surface area contributed by atoms with Gasteiger partial charge in [0.1, 0.15) is 0 Å². The highest BCUT2D eigenvalue weighted by Gasteiger charge is 2.17. The average molecular weight is 313 g/mol. The van der Waals surface area contributed by atoms with E-state index in [1.807, 2.05) is 18.2 Å². The van der Waals surface area contributed by atoms with Crippen LogP contribution in [-0.2, 0) is 6.42 Å². The molecule has 0 radical (unpaired) electrons. The molecule has 0 amide bonds. The van der Waals surface area contributed by atoms with Crippen molar-refractivity contribution in [3.05, 3.63) is 70.0 Å². The van der Waals surface area contributed by atoms with Gasteiger partial charge >= 0.3 is 0 Å². The molecule has 3 rings (SSSR count). The molecule has 0 aliphatic heterocycles. The number of aromatic nitrogens is 2. The van der Waals surface area contributed by atoms with E-state index in [2.05, 4.69) is 59.0 Å². The highest BCUT2D eigenvalue weighted by Crippen LogP contribution is 2.21. The summed E-state index contributed by atoms with van der Waals surface area (Å²) >= 11 is 1.75. The van der Waals surface area contributed by atoms with E-state index in [1.165, 1.54) is 10.4 Å². The van der Waals surface area contributed by atoms with Crippen LogP contribution in [0.3, 0.4) is 0 Å². The quantitative estimate of drug-likeness (QED) is 0.743. The minimum atomic E-state index is 0.0466. The maximum absolute atomic E-state index is 5.36. The topological polar surface area (TPSA) is 51.0 Å². The third-order valence-corrected chi connectivity index (χ3v) is 4.59. The van der Waals surface area contributed by atoms with Crippen molar-refractivity contribution in [1.29, 1.82) is 0 Å². The molecule has 1 N–H and O–H groups in total. The summed E-state index contributed by atoms with van der Waals surface area (Å²) in [5.41, 5.74) is 1.17. The molecule has 1 aromatic carbocycles. The monoisotopic (exact) mass is 313 g/mol. The fourth-order valence-electron chi connectivity index (χ4n) is 2.36. The normalized spacial score (nSPS) is 13.9. The van der Waals surface area contributed by atoms with E-state index in [9.17, 15) is 0 Å².